The van der Waals surface area contributed by atoms with Crippen molar-refractivity contribution < 1.29 is 4.42 Å². The third-order valence-electron chi connectivity index (χ3n) is 6.80. The monoisotopic (exact) mass is 439 g/mol. The predicted molar refractivity (Wildman–Crippen MR) is 141 cm³/mol. The topological polar surface area (TPSA) is 18.1 Å². The third-order valence-corrected chi connectivity index (χ3v) is 8.01. The molecular formula is C30H17NOS. The minimum Gasteiger partial charge on any atom is -0.454 e. The number of fused-ring (bicyclic) bond motifs is 10. The Kier molecular flexibility index (Phi) is 3.31. The van der Waals surface area contributed by atoms with Gasteiger partial charge in [-0.2, -0.15) is 0 Å². The molecule has 0 saturated heterocycles. The molecule has 0 saturated carbocycles. The van der Waals surface area contributed by atoms with E-state index in [1.165, 1.54) is 42.1 Å². The van der Waals surface area contributed by atoms with E-state index in [-0.39, 0.29) is 0 Å². The predicted octanol–water partition coefficient (Wildman–Crippen LogP) is 9.05. The van der Waals surface area contributed by atoms with Crippen LogP contribution in [-0.4, -0.2) is 4.57 Å². The number of nitrogens with zero attached hydrogens (tertiary/aromatic N) is 1. The van der Waals surface area contributed by atoms with Gasteiger partial charge >= 0.3 is 0 Å². The van der Waals surface area contributed by atoms with E-state index in [2.05, 4.69) is 102 Å². The molecule has 0 aliphatic heterocycles. The summed E-state index contributed by atoms with van der Waals surface area (Å²) < 4.78 is 11.5. The lowest BCUT2D eigenvalue weighted by molar-refractivity contribution is 0.671. The van der Waals surface area contributed by atoms with Gasteiger partial charge in [-0.15, -0.1) is 11.3 Å². The van der Waals surface area contributed by atoms with Crippen LogP contribution in [0.2, 0.25) is 0 Å². The van der Waals surface area contributed by atoms with E-state index >= 15 is 0 Å². The summed E-state index contributed by atoms with van der Waals surface area (Å²) in [4.78, 5) is 0. The van der Waals surface area contributed by atoms with Crippen LogP contribution in [0.25, 0.3) is 69.6 Å². The van der Waals surface area contributed by atoms with Gasteiger partial charge in [0, 0.05) is 37.0 Å². The van der Waals surface area contributed by atoms with Crippen LogP contribution in [0, 0.1) is 0 Å². The fourth-order valence-electron chi connectivity index (χ4n) is 5.39. The van der Waals surface area contributed by atoms with Crippen LogP contribution in [-0.2, 0) is 0 Å². The first kappa shape index (κ1) is 17.5. The summed E-state index contributed by atoms with van der Waals surface area (Å²) in [5.41, 5.74) is 5.41. The molecule has 154 valence electrons. The highest BCUT2D eigenvalue weighted by Gasteiger charge is 2.20. The number of rotatable bonds is 1. The van der Waals surface area contributed by atoms with Crippen molar-refractivity contribution in [2.24, 2.45) is 0 Å². The minimum absolute atomic E-state index is 0.928. The van der Waals surface area contributed by atoms with Gasteiger partial charge in [0.1, 0.15) is 5.58 Å². The first-order valence-corrected chi connectivity index (χ1v) is 11.9. The summed E-state index contributed by atoms with van der Waals surface area (Å²) in [5.74, 6) is 0. The van der Waals surface area contributed by atoms with Crippen molar-refractivity contribution in [2.45, 2.75) is 0 Å². The van der Waals surface area contributed by atoms with E-state index in [9.17, 15) is 0 Å². The van der Waals surface area contributed by atoms with E-state index < -0.39 is 0 Å². The lowest BCUT2D eigenvalue weighted by atomic mass is 10.1. The molecule has 0 bridgehead atoms. The minimum atomic E-state index is 0.928. The average molecular weight is 440 g/mol. The molecule has 3 heteroatoms. The van der Waals surface area contributed by atoms with E-state index in [1.807, 2.05) is 17.4 Å². The normalized spacial score (nSPS) is 12.2. The molecule has 8 aromatic rings. The number of hydrogen-bond donors (Lipinski definition) is 0. The second kappa shape index (κ2) is 6.25. The van der Waals surface area contributed by atoms with Gasteiger partial charge in [0.2, 0.25) is 0 Å². The van der Waals surface area contributed by atoms with Crippen LogP contribution in [0.5, 0.6) is 0 Å². The van der Waals surface area contributed by atoms with Crippen LogP contribution in [0.15, 0.2) is 108 Å². The molecule has 0 unspecified atom stereocenters. The molecule has 0 N–H and O–H groups in total. The van der Waals surface area contributed by atoms with Crippen LogP contribution < -0.4 is 0 Å². The molecule has 0 aliphatic rings. The van der Waals surface area contributed by atoms with Gasteiger partial charge in [0.25, 0.3) is 0 Å². The lowest BCUT2D eigenvalue weighted by Gasteiger charge is -2.09. The standard InChI is InChI=1S/C30H17NOS/c1-4-12-24-18(8-1)21-16-17-22-19-9-2-5-14-26(19)32-29(22)28(21)31(24)25-13-7-11-23-20-10-3-6-15-27(20)33-30(23)25/h1-17H. The van der Waals surface area contributed by atoms with E-state index in [0.29, 0.717) is 0 Å². The van der Waals surface area contributed by atoms with Crippen LogP contribution in [0.4, 0.5) is 0 Å². The van der Waals surface area contributed by atoms with Crippen molar-refractivity contribution >= 4 is 75.3 Å². The summed E-state index contributed by atoms with van der Waals surface area (Å²) >= 11 is 1.86. The second-order valence-corrected chi connectivity index (χ2v) is 9.59. The maximum atomic E-state index is 6.51. The summed E-state index contributed by atoms with van der Waals surface area (Å²) in [7, 11) is 0. The fraction of sp³-hybridized carbons (Fsp3) is 0. The number of para-hydroxylation sites is 2. The van der Waals surface area contributed by atoms with Crippen molar-refractivity contribution in [1.29, 1.82) is 0 Å². The average Bonchev–Trinajstić information content (AvgIpc) is 3.53. The molecule has 0 spiro atoms. The molecule has 8 rings (SSSR count). The number of furan rings is 1. The molecule has 33 heavy (non-hydrogen) atoms. The molecule has 2 nitrogen and oxygen atoms in total. The Balaban J connectivity index is 1.63. The maximum absolute atomic E-state index is 6.51. The Hall–Kier alpha value is -4.08. The van der Waals surface area contributed by atoms with Gasteiger partial charge < -0.3 is 8.98 Å². The van der Waals surface area contributed by atoms with Crippen LogP contribution in [0.3, 0.4) is 0 Å². The van der Waals surface area contributed by atoms with Gasteiger partial charge in [-0.05, 0) is 30.3 Å². The van der Waals surface area contributed by atoms with E-state index in [4.69, 9.17) is 4.42 Å². The van der Waals surface area contributed by atoms with Gasteiger partial charge in [-0.1, -0.05) is 72.8 Å². The molecular weight excluding hydrogens is 422 g/mol. The molecule has 0 radical (unpaired) electrons. The first-order chi connectivity index (χ1) is 16.4. The maximum Gasteiger partial charge on any atom is 0.160 e. The Morgan fingerprint density at radius 3 is 2.21 bits per heavy atom. The Morgan fingerprint density at radius 2 is 1.27 bits per heavy atom. The summed E-state index contributed by atoms with van der Waals surface area (Å²) in [6, 6.07) is 36.8. The quantitative estimate of drug-likeness (QED) is 0.249. The highest BCUT2D eigenvalue weighted by molar-refractivity contribution is 7.26. The summed E-state index contributed by atoms with van der Waals surface area (Å²) in [6.07, 6.45) is 0. The van der Waals surface area contributed by atoms with Gasteiger partial charge in [-0.3, -0.25) is 0 Å². The van der Waals surface area contributed by atoms with Crippen molar-refractivity contribution in [2.75, 3.05) is 0 Å². The summed E-state index contributed by atoms with van der Waals surface area (Å²) in [6.45, 7) is 0. The summed E-state index contributed by atoms with van der Waals surface area (Å²) in [5, 5.41) is 7.39. The Bertz CT molecular complexity index is 2040. The number of benzene rings is 5. The first-order valence-electron chi connectivity index (χ1n) is 11.1. The fourth-order valence-corrected chi connectivity index (χ4v) is 6.60. The van der Waals surface area contributed by atoms with Crippen molar-refractivity contribution in [3.63, 3.8) is 0 Å². The number of thiophene rings is 1. The smallest absolute Gasteiger partial charge is 0.160 e. The van der Waals surface area contributed by atoms with Crippen molar-refractivity contribution in [3.05, 3.63) is 103 Å². The molecule has 3 aromatic heterocycles. The molecule has 5 aromatic carbocycles. The highest BCUT2D eigenvalue weighted by Crippen LogP contribution is 2.43. The number of aromatic nitrogens is 1. The van der Waals surface area contributed by atoms with E-state index in [1.54, 1.807) is 0 Å². The SMILES string of the molecule is c1ccc2c(c1)oc1c2ccc2c3ccccc3n(-c3cccc4c3sc3ccccc34)c21. The van der Waals surface area contributed by atoms with Crippen LogP contribution in [0.1, 0.15) is 0 Å². The molecule has 0 aliphatic carbocycles. The Morgan fingerprint density at radius 1 is 0.545 bits per heavy atom. The van der Waals surface area contributed by atoms with Crippen LogP contribution >= 0.6 is 11.3 Å². The second-order valence-electron chi connectivity index (χ2n) is 8.54. The van der Waals surface area contributed by atoms with Crippen molar-refractivity contribution in [1.82, 2.24) is 4.57 Å². The third kappa shape index (κ3) is 2.22. The molecule has 0 atom stereocenters. The zero-order valence-electron chi connectivity index (χ0n) is 17.6. The largest absolute Gasteiger partial charge is 0.454 e. The molecule has 0 amide bonds. The zero-order chi connectivity index (χ0) is 21.5. The van der Waals surface area contributed by atoms with Gasteiger partial charge in [0.15, 0.2) is 5.58 Å². The van der Waals surface area contributed by atoms with Gasteiger partial charge in [-0.25, -0.2) is 0 Å². The zero-order valence-corrected chi connectivity index (χ0v) is 18.4. The Labute approximate surface area is 192 Å². The van der Waals surface area contributed by atoms with Crippen molar-refractivity contribution in [3.8, 4) is 5.69 Å². The lowest BCUT2D eigenvalue weighted by Crippen LogP contribution is -1.94. The number of hydrogen-bond acceptors (Lipinski definition) is 2. The molecule has 0 fully saturated rings. The molecule has 3 heterocycles. The van der Waals surface area contributed by atoms with Gasteiger partial charge in [0.05, 0.1) is 21.4 Å². The van der Waals surface area contributed by atoms with E-state index in [0.717, 1.165) is 27.5 Å². The highest BCUT2D eigenvalue weighted by atomic mass is 32.1.